The highest BCUT2D eigenvalue weighted by Gasteiger charge is 2.24. The van der Waals surface area contributed by atoms with Gasteiger partial charge in [-0.3, -0.25) is 4.90 Å². The minimum Gasteiger partial charge on any atom is -0.463 e. The molecule has 4 nitrogen and oxygen atoms in total. The van der Waals surface area contributed by atoms with Crippen molar-refractivity contribution in [2.24, 2.45) is 4.99 Å². The fourth-order valence-corrected chi connectivity index (χ4v) is 2.28. The maximum absolute atomic E-state index is 8.63. The van der Waals surface area contributed by atoms with Crippen molar-refractivity contribution < 1.29 is 4.74 Å². The van der Waals surface area contributed by atoms with E-state index in [1.165, 1.54) is 0 Å². The van der Waals surface area contributed by atoms with Gasteiger partial charge < -0.3 is 4.74 Å². The number of amidine groups is 1. The van der Waals surface area contributed by atoms with Gasteiger partial charge in [-0.1, -0.05) is 42.5 Å². The first-order valence-corrected chi connectivity index (χ1v) is 7.06. The van der Waals surface area contributed by atoms with Gasteiger partial charge in [-0.25, -0.2) is 4.99 Å². The SMILES string of the molecule is C[C@H](N=C1OCCN1C(=S)CCC#N)c1ccccc1. The zero-order chi connectivity index (χ0) is 14.4. The summed E-state index contributed by atoms with van der Waals surface area (Å²) in [6.07, 6.45) is 1.00. The molecule has 0 aromatic heterocycles. The molecule has 104 valence electrons. The third-order valence-electron chi connectivity index (χ3n) is 3.11. The van der Waals surface area contributed by atoms with Gasteiger partial charge in [0, 0.05) is 12.8 Å². The number of nitriles is 1. The van der Waals surface area contributed by atoms with Crippen molar-refractivity contribution in [1.82, 2.24) is 4.90 Å². The Morgan fingerprint density at radius 2 is 2.25 bits per heavy atom. The summed E-state index contributed by atoms with van der Waals surface area (Å²) in [7, 11) is 0. The normalized spacial score (nSPS) is 17.6. The van der Waals surface area contributed by atoms with E-state index in [1.807, 2.05) is 42.2 Å². The lowest BCUT2D eigenvalue weighted by Crippen LogP contribution is -2.31. The molecule has 1 atom stereocenters. The minimum absolute atomic E-state index is 0.0190. The molecule has 0 spiro atoms. The molecule has 1 aliphatic heterocycles. The second-order valence-corrected chi connectivity index (χ2v) is 5.02. The largest absolute Gasteiger partial charge is 0.463 e. The molecule has 0 N–H and O–H groups in total. The lowest BCUT2D eigenvalue weighted by atomic mass is 10.1. The minimum atomic E-state index is 0.0190. The molecule has 1 fully saturated rings. The van der Waals surface area contributed by atoms with Crippen molar-refractivity contribution in [1.29, 1.82) is 5.26 Å². The Bertz CT molecular complexity index is 536. The average Bonchev–Trinajstić information content (AvgIpc) is 2.94. The first kappa shape index (κ1) is 14.5. The van der Waals surface area contributed by atoms with E-state index in [-0.39, 0.29) is 6.04 Å². The summed E-state index contributed by atoms with van der Waals surface area (Å²) in [5.74, 6) is 0. The van der Waals surface area contributed by atoms with Crippen LogP contribution in [0.3, 0.4) is 0 Å². The van der Waals surface area contributed by atoms with E-state index in [0.717, 1.165) is 10.6 Å². The molecule has 0 unspecified atom stereocenters. The van der Waals surface area contributed by atoms with E-state index in [9.17, 15) is 0 Å². The number of rotatable bonds is 4. The van der Waals surface area contributed by atoms with Gasteiger partial charge in [0.15, 0.2) is 0 Å². The smallest absolute Gasteiger partial charge is 0.293 e. The molecular formula is C15H17N3OS. The molecular weight excluding hydrogens is 270 g/mol. The van der Waals surface area contributed by atoms with Crippen LogP contribution in [0.1, 0.15) is 31.4 Å². The van der Waals surface area contributed by atoms with Crippen LogP contribution in [0.25, 0.3) is 0 Å². The Kier molecular flexibility index (Phi) is 5.08. The number of ether oxygens (including phenoxy) is 1. The van der Waals surface area contributed by atoms with Crippen LogP contribution in [0.5, 0.6) is 0 Å². The van der Waals surface area contributed by atoms with Crippen LogP contribution in [-0.2, 0) is 4.74 Å². The molecule has 1 heterocycles. The van der Waals surface area contributed by atoms with Gasteiger partial charge in [-0.15, -0.1) is 0 Å². The Labute approximate surface area is 124 Å². The van der Waals surface area contributed by atoms with Crippen LogP contribution < -0.4 is 0 Å². The van der Waals surface area contributed by atoms with Crippen LogP contribution in [-0.4, -0.2) is 29.1 Å². The van der Waals surface area contributed by atoms with Crippen LogP contribution in [0.2, 0.25) is 0 Å². The monoisotopic (exact) mass is 287 g/mol. The second-order valence-electron chi connectivity index (χ2n) is 4.55. The van der Waals surface area contributed by atoms with Gasteiger partial charge in [-0.2, -0.15) is 5.26 Å². The molecule has 0 saturated carbocycles. The van der Waals surface area contributed by atoms with Crippen molar-refractivity contribution in [2.75, 3.05) is 13.2 Å². The third kappa shape index (κ3) is 3.55. The quantitative estimate of drug-likeness (QED) is 0.799. The highest BCUT2D eigenvalue weighted by atomic mass is 32.1. The first-order chi connectivity index (χ1) is 9.72. The summed E-state index contributed by atoms with van der Waals surface area (Å²) >= 11 is 5.34. The van der Waals surface area contributed by atoms with Gasteiger partial charge >= 0.3 is 0 Å². The zero-order valence-electron chi connectivity index (χ0n) is 11.5. The molecule has 1 aromatic carbocycles. The van der Waals surface area contributed by atoms with Crippen LogP contribution in [0, 0.1) is 11.3 Å². The predicted molar refractivity (Wildman–Crippen MR) is 82.4 cm³/mol. The van der Waals surface area contributed by atoms with Crippen molar-refractivity contribution in [3.63, 3.8) is 0 Å². The average molecular weight is 287 g/mol. The summed E-state index contributed by atoms with van der Waals surface area (Å²) in [5.41, 5.74) is 1.14. The third-order valence-corrected chi connectivity index (χ3v) is 3.54. The fraction of sp³-hybridized carbons (Fsp3) is 0.400. The second kappa shape index (κ2) is 7.01. The van der Waals surface area contributed by atoms with Crippen molar-refractivity contribution in [3.8, 4) is 6.07 Å². The summed E-state index contributed by atoms with van der Waals surface area (Å²) < 4.78 is 5.56. The van der Waals surface area contributed by atoms with E-state index in [4.69, 9.17) is 22.2 Å². The standard InChI is InChI=1S/C15H17N3OS/c1-12(13-6-3-2-4-7-13)17-15-18(10-11-19-15)14(20)8-5-9-16/h2-4,6-7,12H,5,8,10-11H2,1H3/t12-/m0/s1. The molecule has 0 radical (unpaired) electrons. The van der Waals surface area contributed by atoms with Gasteiger partial charge in [0.25, 0.3) is 6.02 Å². The maximum Gasteiger partial charge on any atom is 0.293 e. The molecule has 0 amide bonds. The van der Waals surface area contributed by atoms with Crippen LogP contribution in [0.15, 0.2) is 35.3 Å². The van der Waals surface area contributed by atoms with E-state index in [1.54, 1.807) is 0 Å². The Balaban J connectivity index is 2.08. The lowest BCUT2D eigenvalue weighted by molar-refractivity contribution is 0.349. The molecule has 20 heavy (non-hydrogen) atoms. The fourth-order valence-electron chi connectivity index (χ4n) is 2.01. The molecule has 1 saturated heterocycles. The highest BCUT2D eigenvalue weighted by Crippen LogP contribution is 2.19. The van der Waals surface area contributed by atoms with Crippen molar-refractivity contribution in [2.45, 2.75) is 25.8 Å². The molecule has 5 heteroatoms. The Morgan fingerprint density at radius 3 is 2.95 bits per heavy atom. The number of thiocarbonyl (C=S) groups is 1. The van der Waals surface area contributed by atoms with Gasteiger partial charge in [0.2, 0.25) is 0 Å². The number of aliphatic imine (C=N–C) groups is 1. The van der Waals surface area contributed by atoms with Gasteiger partial charge in [0.1, 0.15) is 6.61 Å². The molecule has 0 aliphatic carbocycles. The topological polar surface area (TPSA) is 48.6 Å². The maximum atomic E-state index is 8.63. The van der Waals surface area contributed by atoms with E-state index >= 15 is 0 Å². The summed E-state index contributed by atoms with van der Waals surface area (Å²) in [4.78, 5) is 7.23. The Morgan fingerprint density at radius 1 is 1.50 bits per heavy atom. The number of nitrogens with zero attached hydrogens (tertiary/aromatic N) is 3. The van der Waals surface area contributed by atoms with E-state index < -0.39 is 0 Å². The molecule has 1 aliphatic rings. The van der Waals surface area contributed by atoms with Gasteiger partial charge in [-0.05, 0) is 12.5 Å². The number of hydrogen-bond acceptors (Lipinski definition) is 4. The Hall–Kier alpha value is -1.93. The summed E-state index contributed by atoms with van der Waals surface area (Å²) in [6, 6.07) is 12.8. The summed E-state index contributed by atoms with van der Waals surface area (Å²) in [5, 5.41) is 8.63. The van der Waals surface area contributed by atoms with Crippen molar-refractivity contribution in [3.05, 3.63) is 35.9 Å². The first-order valence-electron chi connectivity index (χ1n) is 6.65. The molecule has 1 aromatic rings. The van der Waals surface area contributed by atoms with Crippen LogP contribution >= 0.6 is 12.2 Å². The molecule has 2 rings (SSSR count). The van der Waals surface area contributed by atoms with E-state index in [2.05, 4.69) is 11.1 Å². The van der Waals surface area contributed by atoms with Crippen molar-refractivity contribution >= 4 is 23.2 Å². The summed E-state index contributed by atoms with van der Waals surface area (Å²) in [6.45, 7) is 3.33. The zero-order valence-corrected chi connectivity index (χ0v) is 12.3. The van der Waals surface area contributed by atoms with E-state index in [0.29, 0.717) is 32.0 Å². The number of hydrogen-bond donors (Lipinski definition) is 0. The van der Waals surface area contributed by atoms with Gasteiger partial charge in [0.05, 0.1) is 23.6 Å². The predicted octanol–water partition coefficient (Wildman–Crippen LogP) is 3.07. The molecule has 0 bridgehead atoms. The van der Waals surface area contributed by atoms with Crippen LogP contribution in [0.4, 0.5) is 0 Å². The highest BCUT2D eigenvalue weighted by molar-refractivity contribution is 7.80. The number of benzene rings is 1. The lowest BCUT2D eigenvalue weighted by Gasteiger charge is -2.17.